The maximum atomic E-state index is 12.7. The highest BCUT2D eigenvalue weighted by molar-refractivity contribution is 5.97. The summed E-state index contributed by atoms with van der Waals surface area (Å²) >= 11 is 0. The van der Waals surface area contributed by atoms with Crippen LogP contribution in [0.5, 0.6) is 17.2 Å². The molecule has 2 aromatic carbocycles. The minimum Gasteiger partial charge on any atom is -0.492 e. The van der Waals surface area contributed by atoms with Gasteiger partial charge in [0, 0.05) is 6.92 Å². The standard InChI is InChI=1S/C24H22O7/c1-3-4-5-9-15-28-18-13-10-14-19-20(18)21(22(24(27)30-19)29-16(2)25)31-23(26)17-11-7-6-8-12-17/h4-8,10-14H,3,9,15H2,1-2H3/b5-4+. The van der Waals surface area contributed by atoms with Crippen LogP contribution in [0.3, 0.4) is 0 Å². The molecule has 31 heavy (non-hydrogen) atoms. The van der Waals surface area contributed by atoms with Gasteiger partial charge in [0.05, 0.1) is 12.2 Å². The molecule has 0 fully saturated rings. The highest BCUT2D eigenvalue weighted by Gasteiger charge is 2.25. The van der Waals surface area contributed by atoms with Crippen molar-refractivity contribution in [2.75, 3.05) is 6.61 Å². The molecule has 1 aromatic heterocycles. The van der Waals surface area contributed by atoms with Crippen LogP contribution in [-0.2, 0) is 4.79 Å². The molecule has 160 valence electrons. The van der Waals surface area contributed by atoms with E-state index in [0.29, 0.717) is 18.8 Å². The largest absolute Gasteiger partial charge is 0.492 e. The quantitative estimate of drug-likeness (QED) is 0.225. The van der Waals surface area contributed by atoms with Gasteiger partial charge in [-0.05, 0) is 37.1 Å². The number of hydrogen-bond donors (Lipinski definition) is 0. The molecule has 0 aliphatic carbocycles. The average molecular weight is 422 g/mol. The fourth-order valence-corrected chi connectivity index (χ4v) is 2.87. The number of hydrogen-bond acceptors (Lipinski definition) is 7. The van der Waals surface area contributed by atoms with Crippen LogP contribution in [0.25, 0.3) is 11.0 Å². The van der Waals surface area contributed by atoms with Crippen molar-refractivity contribution in [3.63, 3.8) is 0 Å². The summed E-state index contributed by atoms with van der Waals surface area (Å²) in [6.07, 6.45) is 5.60. The molecule has 0 saturated carbocycles. The van der Waals surface area contributed by atoms with E-state index in [1.807, 2.05) is 19.1 Å². The van der Waals surface area contributed by atoms with Gasteiger partial charge in [-0.15, -0.1) is 0 Å². The van der Waals surface area contributed by atoms with Crippen molar-refractivity contribution in [3.8, 4) is 17.2 Å². The van der Waals surface area contributed by atoms with E-state index in [1.54, 1.807) is 42.5 Å². The SMILES string of the molecule is CC/C=C/CCOc1cccc2oc(=O)c(OC(C)=O)c(OC(=O)c3ccccc3)c12. The lowest BCUT2D eigenvalue weighted by Gasteiger charge is -2.14. The molecule has 0 amide bonds. The smallest absolute Gasteiger partial charge is 0.383 e. The maximum absolute atomic E-state index is 12.7. The van der Waals surface area contributed by atoms with Crippen molar-refractivity contribution in [2.24, 2.45) is 0 Å². The topological polar surface area (TPSA) is 92.0 Å². The maximum Gasteiger partial charge on any atom is 0.383 e. The molecular formula is C24H22O7. The van der Waals surface area contributed by atoms with Crippen molar-refractivity contribution in [2.45, 2.75) is 26.7 Å². The Kier molecular flexibility index (Phi) is 7.22. The molecule has 3 aromatic rings. The molecule has 0 spiro atoms. The van der Waals surface area contributed by atoms with Gasteiger partial charge in [-0.3, -0.25) is 4.79 Å². The Labute approximate surface area is 178 Å². The van der Waals surface area contributed by atoms with Gasteiger partial charge in [0.1, 0.15) is 16.7 Å². The number of benzene rings is 2. The zero-order chi connectivity index (χ0) is 22.2. The number of carbonyl (C=O) groups is 2. The summed E-state index contributed by atoms with van der Waals surface area (Å²) < 4.78 is 21.7. The minimum absolute atomic E-state index is 0.137. The van der Waals surface area contributed by atoms with Crippen LogP contribution in [0.4, 0.5) is 0 Å². The number of allylic oxidation sites excluding steroid dienone is 1. The lowest BCUT2D eigenvalue weighted by Crippen LogP contribution is -2.16. The van der Waals surface area contributed by atoms with E-state index in [-0.39, 0.29) is 22.3 Å². The van der Waals surface area contributed by atoms with Gasteiger partial charge >= 0.3 is 17.6 Å². The van der Waals surface area contributed by atoms with E-state index in [4.69, 9.17) is 18.6 Å². The molecule has 0 N–H and O–H groups in total. The molecule has 0 saturated heterocycles. The normalized spacial score (nSPS) is 10.9. The first-order valence-electron chi connectivity index (χ1n) is 9.84. The van der Waals surface area contributed by atoms with Gasteiger partial charge < -0.3 is 18.6 Å². The van der Waals surface area contributed by atoms with Crippen LogP contribution in [-0.4, -0.2) is 18.5 Å². The van der Waals surface area contributed by atoms with Crippen molar-refractivity contribution >= 4 is 22.9 Å². The predicted molar refractivity (Wildman–Crippen MR) is 115 cm³/mol. The fourth-order valence-electron chi connectivity index (χ4n) is 2.87. The van der Waals surface area contributed by atoms with Crippen LogP contribution >= 0.6 is 0 Å². The van der Waals surface area contributed by atoms with E-state index in [1.165, 1.54) is 6.07 Å². The Bertz CT molecular complexity index is 1160. The third-order valence-corrected chi connectivity index (χ3v) is 4.20. The van der Waals surface area contributed by atoms with Gasteiger partial charge in [-0.2, -0.15) is 0 Å². The molecular weight excluding hydrogens is 400 g/mol. The highest BCUT2D eigenvalue weighted by atomic mass is 16.6. The molecule has 0 atom stereocenters. The van der Waals surface area contributed by atoms with Gasteiger partial charge in [0.2, 0.25) is 0 Å². The van der Waals surface area contributed by atoms with Crippen LogP contribution in [0.2, 0.25) is 0 Å². The van der Waals surface area contributed by atoms with Crippen LogP contribution in [0.15, 0.2) is 69.9 Å². The molecule has 1 heterocycles. The second-order valence-electron chi connectivity index (χ2n) is 6.54. The first-order valence-corrected chi connectivity index (χ1v) is 9.84. The number of esters is 2. The summed E-state index contributed by atoms with van der Waals surface area (Å²) in [5.41, 5.74) is -0.541. The predicted octanol–water partition coefficient (Wildman–Crippen LogP) is 4.67. The van der Waals surface area contributed by atoms with Crippen LogP contribution in [0.1, 0.15) is 37.0 Å². The van der Waals surface area contributed by atoms with E-state index in [0.717, 1.165) is 13.3 Å². The van der Waals surface area contributed by atoms with Gasteiger partial charge in [0.25, 0.3) is 5.75 Å². The molecule has 0 aliphatic heterocycles. The van der Waals surface area contributed by atoms with E-state index in [2.05, 4.69) is 0 Å². The molecule has 0 aliphatic rings. The number of rotatable bonds is 8. The Balaban J connectivity index is 2.09. The van der Waals surface area contributed by atoms with Crippen LogP contribution in [0, 0.1) is 0 Å². The molecule has 0 unspecified atom stereocenters. The summed E-state index contributed by atoms with van der Waals surface area (Å²) in [7, 11) is 0. The Morgan fingerprint density at radius 2 is 1.74 bits per heavy atom. The summed E-state index contributed by atoms with van der Waals surface area (Å²) in [6, 6.07) is 13.1. The lowest BCUT2D eigenvalue weighted by atomic mass is 10.2. The highest BCUT2D eigenvalue weighted by Crippen LogP contribution is 2.39. The monoisotopic (exact) mass is 422 g/mol. The first-order chi connectivity index (χ1) is 15.0. The summed E-state index contributed by atoms with van der Waals surface area (Å²) in [4.78, 5) is 36.8. The first kappa shape index (κ1) is 21.8. The number of ether oxygens (including phenoxy) is 3. The second kappa shape index (κ2) is 10.2. The van der Waals surface area contributed by atoms with Gasteiger partial charge in [-0.1, -0.05) is 43.3 Å². The summed E-state index contributed by atoms with van der Waals surface area (Å²) in [5.74, 6) is -1.88. The van der Waals surface area contributed by atoms with Gasteiger partial charge in [0.15, 0.2) is 5.75 Å². The lowest BCUT2D eigenvalue weighted by molar-refractivity contribution is -0.132. The fraction of sp³-hybridized carbons (Fsp3) is 0.208. The average Bonchev–Trinajstić information content (AvgIpc) is 2.76. The number of carbonyl (C=O) groups excluding carboxylic acids is 2. The Morgan fingerprint density at radius 1 is 0.968 bits per heavy atom. The second-order valence-corrected chi connectivity index (χ2v) is 6.54. The molecule has 3 rings (SSSR count). The zero-order valence-corrected chi connectivity index (χ0v) is 17.3. The molecule has 0 bridgehead atoms. The van der Waals surface area contributed by atoms with E-state index < -0.39 is 23.3 Å². The summed E-state index contributed by atoms with van der Waals surface area (Å²) in [6.45, 7) is 3.52. The molecule has 7 heteroatoms. The zero-order valence-electron chi connectivity index (χ0n) is 17.3. The van der Waals surface area contributed by atoms with Crippen molar-refractivity contribution in [3.05, 3.63) is 76.7 Å². The number of fused-ring (bicyclic) bond motifs is 1. The Hall–Kier alpha value is -3.87. The third-order valence-electron chi connectivity index (χ3n) is 4.20. The molecule has 7 nitrogen and oxygen atoms in total. The van der Waals surface area contributed by atoms with Crippen molar-refractivity contribution < 1.29 is 28.2 Å². The van der Waals surface area contributed by atoms with Crippen molar-refractivity contribution in [1.29, 1.82) is 0 Å². The van der Waals surface area contributed by atoms with Gasteiger partial charge in [-0.25, -0.2) is 9.59 Å². The van der Waals surface area contributed by atoms with Crippen LogP contribution < -0.4 is 19.8 Å². The molecule has 0 radical (unpaired) electrons. The third kappa shape index (κ3) is 5.39. The Morgan fingerprint density at radius 3 is 2.45 bits per heavy atom. The van der Waals surface area contributed by atoms with E-state index >= 15 is 0 Å². The van der Waals surface area contributed by atoms with E-state index in [9.17, 15) is 14.4 Å². The van der Waals surface area contributed by atoms with Crippen molar-refractivity contribution in [1.82, 2.24) is 0 Å². The minimum atomic E-state index is -0.943. The summed E-state index contributed by atoms with van der Waals surface area (Å²) in [5, 5.41) is 0.224.